The van der Waals surface area contributed by atoms with E-state index in [-0.39, 0.29) is 11.4 Å². The van der Waals surface area contributed by atoms with Crippen LogP contribution in [0.1, 0.15) is 10.5 Å². The maximum atomic E-state index is 13.0. The molecule has 0 bridgehead atoms. The van der Waals surface area contributed by atoms with E-state index in [9.17, 15) is 13.6 Å². The molecule has 1 amide bonds. The standard InChI is InChI=1S/C11H6F2N4OS/c12-7-2-1-6(3-8(7)13)15-10(18)9-4-17-11(16-9)19-5-14-17/h1-5H,(H,15,18). The van der Waals surface area contributed by atoms with Crippen LogP contribution in [0.3, 0.4) is 0 Å². The molecule has 0 fully saturated rings. The number of imidazole rings is 1. The second-order valence-corrected chi connectivity index (χ2v) is 4.49. The van der Waals surface area contributed by atoms with E-state index in [2.05, 4.69) is 15.4 Å². The Kier molecular flexibility index (Phi) is 2.71. The van der Waals surface area contributed by atoms with Gasteiger partial charge in [0.15, 0.2) is 11.6 Å². The molecular weight excluding hydrogens is 274 g/mol. The summed E-state index contributed by atoms with van der Waals surface area (Å²) in [5.41, 5.74) is 1.91. The molecule has 8 heteroatoms. The Bertz CT molecular complexity index is 738. The van der Waals surface area contributed by atoms with Gasteiger partial charge < -0.3 is 5.32 Å². The highest BCUT2D eigenvalue weighted by Crippen LogP contribution is 2.15. The number of carbonyl (C=O) groups is 1. The molecule has 5 nitrogen and oxygen atoms in total. The molecule has 19 heavy (non-hydrogen) atoms. The van der Waals surface area contributed by atoms with Gasteiger partial charge in [0.2, 0.25) is 4.96 Å². The number of halogens is 2. The largest absolute Gasteiger partial charge is 0.320 e. The third-order valence-corrected chi connectivity index (χ3v) is 3.09. The van der Waals surface area contributed by atoms with Crippen molar-refractivity contribution in [2.24, 2.45) is 0 Å². The van der Waals surface area contributed by atoms with E-state index in [0.717, 1.165) is 12.1 Å². The summed E-state index contributed by atoms with van der Waals surface area (Å²) < 4.78 is 27.2. The summed E-state index contributed by atoms with van der Waals surface area (Å²) in [7, 11) is 0. The molecule has 0 spiro atoms. The predicted octanol–water partition coefficient (Wildman–Crippen LogP) is 2.32. The van der Waals surface area contributed by atoms with Crippen molar-refractivity contribution in [3.05, 3.63) is 47.2 Å². The van der Waals surface area contributed by atoms with Crippen molar-refractivity contribution in [1.29, 1.82) is 0 Å². The summed E-state index contributed by atoms with van der Waals surface area (Å²) in [5, 5.41) is 6.37. The lowest BCUT2D eigenvalue weighted by Gasteiger charge is -2.03. The molecule has 3 aromatic rings. The van der Waals surface area contributed by atoms with Crippen molar-refractivity contribution >= 4 is 27.9 Å². The minimum absolute atomic E-state index is 0.157. The third kappa shape index (κ3) is 2.17. The van der Waals surface area contributed by atoms with Crippen molar-refractivity contribution in [2.45, 2.75) is 0 Å². The molecule has 1 aromatic carbocycles. The summed E-state index contributed by atoms with van der Waals surface area (Å²) in [5.74, 6) is -2.50. The Labute approximate surface area is 109 Å². The Balaban J connectivity index is 1.84. The summed E-state index contributed by atoms with van der Waals surface area (Å²) in [6.07, 6.45) is 1.46. The molecule has 0 saturated carbocycles. The number of nitrogens with zero attached hydrogens (tertiary/aromatic N) is 3. The minimum Gasteiger partial charge on any atom is -0.320 e. The van der Waals surface area contributed by atoms with Crippen molar-refractivity contribution < 1.29 is 13.6 Å². The van der Waals surface area contributed by atoms with Gasteiger partial charge in [-0.1, -0.05) is 11.3 Å². The Hall–Kier alpha value is -2.35. The summed E-state index contributed by atoms with van der Waals surface area (Å²) in [6, 6.07) is 3.12. The number of benzene rings is 1. The molecule has 0 aliphatic heterocycles. The lowest BCUT2D eigenvalue weighted by atomic mass is 10.3. The highest BCUT2D eigenvalue weighted by atomic mass is 32.1. The number of amides is 1. The zero-order valence-electron chi connectivity index (χ0n) is 9.30. The number of rotatable bonds is 2. The van der Waals surface area contributed by atoms with E-state index in [1.807, 2.05) is 0 Å². The molecule has 0 saturated heterocycles. The highest BCUT2D eigenvalue weighted by Gasteiger charge is 2.13. The number of hydrogen-bond acceptors (Lipinski definition) is 4. The topological polar surface area (TPSA) is 59.3 Å². The van der Waals surface area contributed by atoms with Crippen LogP contribution in [0.25, 0.3) is 4.96 Å². The van der Waals surface area contributed by atoms with E-state index < -0.39 is 17.5 Å². The van der Waals surface area contributed by atoms with Crippen molar-refractivity contribution in [2.75, 3.05) is 5.32 Å². The summed E-state index contributed by atoms with van der Waals surface area (Å²) in [4.78, 5) is 16.5. The number of nitrogens with one attached hydrogen (secondary N) is 1. The predicted molar refractivity (Wildman–Crippen MR) is 65.2 cm³/mol. The first-order valence-corrected chi connectivity index (χ1v) is 6.07. The van der Waals surface area contributed by atoms with Gasteiger partial charge in [-0.05, 0) is 12.1 Å². The second-order valence-electron chi connectivity index (χ2n) is 3.68. The monoisotopic (exact) mass is 280 g/mol. The smallest absolute Gasteiger partial charge is 0.275 e. The van der Waals surface area contributed by atoms with Crippen molar-refractivity contribution in [3.63, 3.8) is 0 Å². The van der Waals surface area contributed by atoms with Crippen LogP contribution >= 0.6 is 11.3 Å². The van der Waals surface area contributed by atoms with E-state index >= 15 is 0 Å². The Morgan fingerprint density at radius 1 is 1.32 bits per heavy atom. The first kappa shape index (κ1) is 11.7. The van der Waals surface area contributed by atoms with Crippen molar-refractivity contribution in [1.82, 2.24) is 14.6 Å². The molecule has 0 aliphatic rings. The number of fused-ring (bicyclic) bond motifs is 1. The van der Waals surface area contributed by atoms with Crippen molar-refractivity contribution in [3.8, 4) is 0 Å². The van der Waals surface area contributed by atoms with Gasteiger partial charge >= 0.3 is 0 Å². The molecule has 0 unspecified atom stereocenters. The van der Waals surface area contributed by atoms with Crippen LogP contribution in [0.4, 0.5) is 14.5 Å². The van der Waals surface area contributed by atoms with Gasteiger partial charge in [-0.25, -0.2) is 18.3 Å². The van der Waals surface area contributed by atoms with Gasteiger partial charge in [-0.15, -0.1) is 0 Å². The highest BCUT2D eigenvalue weighted by molar-refractivity contribution is 7.14. The Morgan fingerprint density at radius 2 is 2.16 bits per heavy atom. The van der Waals surface area contributed by atoms with Gasteiger partial charge in [0.1, 0.15) is 11.2 Å². The lowest BCUT2D eigenvalue weighted by Crippen LogP contribution is -2.12. The SMILES string of the molecule is O=C(Nc1ccc(F)c(F)c1)c1cn2ncsc2n1. The van der Waals surface area contributed by atoms with Crippen LogP contribution < -0.4 is 5.32 Å². The molecule has 1 N–H and O–H groups in total. The summed E-state index contributed by atoms with van der Waals surface area (Å²) >= 11 is 1.29. The van der Waals surface area contributed by atoms with E-state index in [0.29, 0.717) is 4.96 Å². The fraction of sp³-hybridized carbons (Fsp3) is 0. The fourth-order valence-corrected chi connectivity index (χ4v) is 2.12. The average molecular weight is 280 g/mol. The van der Waals surface area contributed by atoms with Gasteiger partial charge in [-0.3, -0.25) is 4.79 Å². The van der Waals surface area contributed by atoms with Gasteiger partial charge in [0, 0.05) is 11.8 Å². The summed E-state index contributed by atoms with van der Waals surface area (Å²) in [6.45, 7) is 0. The van der Waals surface area contributed by atoms with Crippen LogP contribution in [0.15, 0.2) is 29.9 Å². The zero-order valence-corrected chi connectivity index (χ0v) is 10.1. The normalized spacial score (nSPS) is 10.8. The average Bonchev–Trinajstić information content (AvgIpc) is 2.94. The molecular formula is C11H6F2N4OS. The number of anilines is 1. The Morgan fingerprint density at radius 3 is 2.89 bits per heavy atom. The molecule has 0 atom stereocenters. The first-order valence-electron chi connectivity index (χ1n) is 5.19. The molecule has 3 rings (SSSR count). The second kappa shape index (κ2) is 4.39. The van der Waals surface area contributed by atoms with E-state index in [4.69, 9.17) is 0 Å². The first-order chi connectivity index (χ1) is 9.13. The molecule has 2 aromatic heterocycles. The van der Waals surface area contributed by atoms with Crippen LogP contribution in [0.5, 0.6) is 0 Å². The maximum absolute atomic E-state index is 13.0. The van der Waals surface area contributed by atoms with Crippen LogP contribution in [0, 0.1) is 11.6 Å². The van der Waals surface area contributed by atoms with Gasteiger partial charge in [0.05, 0.1) is 6.20 Å². The van der Waals surface area contributed by atoms with Gasteiger partial charge in [0.25, 0.3) is 5.91 Å². The number of hydrogen-bond donors (Lipinski definition) is 1. The zero-order chi connectivity index (χ0) is 13.4. The number of aromatic nitrogens is 3. The maximum Gasteiger partial charge on any atom is 0.275 e. The number of carbonyl (C=O) groups excluding carboxylic acids is 1. The molecule has 0 aliphatic carbocycles. The quantitative estimate of drug-likeness (QED) is 0.783. The van der Waals surface area contributed by atoms with Gasteiger partial charge in [-0.2, -0.15) is 5.10 Å². The fourth-order valence-electron chi connectivity index (χ4n) is 1.52. The van der Waals surface area contributed by atoms with E-state index in [1.165, 1.54) is 28.1 Å². The van der Waals surface area contributed by atoms with Crippen LogP contribution in [-0.4, -0.2) is 20.5 Å². The van der Waals surface area contributed by atoms with Crippen LogP contribution in [-0.2, 0) is 0 Å². The lowest BCUT2D eigenvalue weighted by molar-refractivity contribution is 0.102. The minimum atomic E-state index is -1.02. The molecule has 2 heterocycles. The molecule has 96 valence electrons. The van der Waals surface area contributed by atoms with Crippen LogP contribution in [0.2, 0.25) is 0 Å². The third-order valence-electron chi connectivity index (χ3n) is 2.40. The van der Waals surface area contributed by atoms with E-state index in [1.54, 1.807) is 5.51 Å². The molecule has 0 radical (unpaired) electrons.